The Balaban J connectivity index is 1.97. The third kappa shape index (κ3) is 2.46. The van der Waals surface area contributed by atoms with Crippen molar-refractivity contribution in [2.45, 2.75) is 13.5 Å². The summed E-state index contributed by atoms with van der Waals surface area (Å²) in [5.41, 5.74) is 1.68. The standard InChI is InChI=1S/C19H19NO4/c1-12-10-16(21)15(11-20-6-8-23-9-7-20)18-17(12)13-4-2-3-5-14(13)19(22)24-18/h2-5,10,21H,6-9,11H2,1H3. The van der Waals surface area contributed by atoms with Gasteiger partial charge in [-0.2, -0.15) is 0 Å². The maximum absolute atomic E-state index is 12.4. The Morgan fingerprint density at radius 3 is 2.62 bits per heavy atom. The van der Waals surface area contributed by atoms with E-state index in [2.05, 4.69) is 4.90 Å². The highest BCUT2D eigenvalue weighted by molar-refractivity contribution is 6.07. The monoisotopic (exact) mass is 325 g/mol. The molecule has 1 aromatic heterocycles. The van der Waals surface area contributed by atoms with Crippen molar-refractivity contribution in [2.24, 2.45) is 0 Å². The Hall–Kier alpha value is -2.37. The Labute approximate surface area is 139 Å². The minimum atomic E-state index is -0.369. The molecule has 1 aliphatic heterocycles. The first-order chi connectivity index (χ1) is 11.6. The number of aryl methyl sites for hydroxylation is 1. The highest BCUT2D eigenvalue weighted by Gasteiger charge is 2.20. The van der Waals surface area contributed by atoms with Crippen LogP contribution in [0, 0.1) is 6.92 Å². The molecule has 124 valence electrons. The lowest BCUT2D eigenvalue weighted by molar-refractivity contribution is 0.0339. The molecular formula is C19H19NO4. The molecule has 0 aliphatic carbocycles. The first-order valence-corrected chi connectivity index (χ1v) is 8.12. The maximum atomic E-state index is 12.4. The van der Waals surface area contributed by atoms with E-state index in [9.17, 15) is 9.90 Å². The number of rotatable bonds is 2. The molecule has 1 N–H and O–H groups in total. The summed E-state index contributed by atoms with van der Waals surface area (Å²) in [5, 5.41) is 12.8. The first kappa shape index (κ1) is 15.2. The zero-order valence-corrected chi connectivity index (χ0v) is 13.5. The lowest BCUT2D eigenvalue weighted by Gasteiger charge is -2.27. The van der Waals surface area contributed by atoms with Gasteiger partial charge < -0.3 is 14.3 Å². The van der Waals surface area contributed by atoms with Gasteiger partial charge in [-0.05, 0) is 24.6 Å². The molecule has 2 heterocycles. The molecule has 0 spiro atoms. The smallest absolute Gasteiger partial charge is 0.344 e. The van der Waals surface area contributed by atoms with Crippen molar-refractivity contribution in [1.82, 2.24) is 4.90 Å². The number of phenolic OH excluding ortho intramolecular Hbond substituents is 1. The van der Waals surface area contributed by atoms with E-state index < -0.39 is 0 Å². The highest BCUT2D eigenvalue weighted by atomic mass is 16.5. The fraction of sp³-hybridized carbons (Fsp3) is 0.316. The van der Waals surface area contributed by atoms with E-state index in [4.69, 9.17) is 9.15 Å². The van der Waals surface area contributed by atoms with Crippen LogP contribution in [0.1, 0.15) is 11.1 Å². The number of hydrogen-bond acceptors (Lipinski definition) is 5. The SMILES string of the molecule is Cc1cc(O)c(CN2CCOCC2)c2oc(=O)c3ccccc3c12. The molecule has 0 saturated carbocycles. The Kier molecular flexibility index (Phi) is 3.75. The topological polar surface area (TPSA) is 62.9 Å². The minimum Gasteiger partial charge on any atom is -0.507 e. The van der Waals surface area contributed by atoms with Crippen LogP contribution in [-0.4, -0.2) is 36.3 Å². The molecule has 0 atom stereocenters. The molecule has 2 aromatic carbocycles. The molecule has 24 heavy (non-hydrogen) atoms. The predicted octanol–water partition coefficient (Wildman–Crippen LogP) is 2.79. The average molecular weight is 325 g/mol. The maximum Gasteiger partial charge on any atom is 0.344 e. The van der Waals surface area contributed by atoms with Crippen molar-refractivity contribution in [2.75, 3.05) is 26.3 Å². The van der Waals surface area contributed by atoms with Gasteiger partial charge in [0.25, 0.3) is 0 Å². The first-order valence-electron chi connectivity index (χ1n) is 8.12. The summed E-state index contributed by atoms with van der Waals surface area (Å²) in [6.45, 7) is 5.41. The number of fused-ring (bicyclic) bond motifs is 3. The quantitative estimate of drug-likeness (QED) is 0.580. The second-order valence-corrected chi connectivity index (χ2v) is 6.22. The highest BCUT2D eigenvalue weighted by Crippen LogP contribution is 2.34. The number of nitrogens with zero attached hydrogens (tertiary/aromatic N) is 1. The van der Waals surface area contributed by atoms with Gasteiger partial charge in [0.05, 0.1) is 24.2 Å². The van der Waals surface area contributed by atoms with Crippen molar-refractivity contribution in [3.63, 3.8) is 0 Å². The van der Waals surface area contributed by atoms with Crippen molar-refractivity contribution in [3.05, 3.63) is 51.9 Å². The molecular weight excluding hydrogens is 306 g/mol. The predicted molar refractivity (Wildman–Crippen MR) is 92.5 cm³/mol. The van der Waals surface area contributed by atoms with E-state index in [0.717, 1.165) is 29.4 Å². The number of benzene rings is 2. The summed E-state index contributed by atoms with van der Waals surface area (Å²) >= 11 is 0. The lowest BCUT2D eigenvalue weighted by atomic mass is 9.99. The fourth-order valence-corrected chi connectivity index (χ4v) is 3.42. The van der Waals surface area contributed by atoms with Crippen LogP contribution < -0.4 is 5.63 Å². The number of morpholine rings is 1. The summed E-state index contributed by atoms with van der Waals surface area (Å²) in [6.07, 6.45) is 0. The summed E-state index contributed by atoms with van der Waals surface area (Å²) < 4.78 is 11.0. The fourth-order valence-electron chi connectivity index (χ4n) is 3.42. The molecule has 0 amide bonds. The van der Waals surface area contributed by atoms with E-state index in [1.165, 1.54) is 0 Å². The van der Waals surface area contributed by atoms with Crippen LogP contribution in [0.3, 0.4) is 0 Å². The third-order valence-electron chi connectivity index (χ3n) is 4.65. The van der Waals surface area contributed by atoms with Crippen LogP contribution in [0.4, 0.5) is 0 Å². The second kappa shape index (κ2) is 5.92. The minimum absolute atomic E-state index is 0.171. The van der Waals surface area contributed by atoms with Crippen molar-refractivity contribution < 1.29 is 14.3 Å². The molecule has 5 nitrogen and oxygen atoms in total. The van der Waals surface area contributed by atoms with Crippen LogP contribution in [0.25, 0.3) is 21.7 Å². The normalized spacial score (nSPS) is 16.0. The van der Waals surface area contributed by atoms with Gasteiger partial charge >= 0.3 is 5.63 Å². The number of ether oxygens (including phenoxy) is 1. The van der Waals surface area contributed by atoms with E-state index in [1.54, 1.807) is 12.1 Å². The van der Waals surface area contributed by atoms with E-state index in [1.807, 2.05) is 25.1 Å². The number of aromatic hydroxyl groups is 1. The van der Waals surface area contributed by atoms with E-state index in [-0.39, 0.29) is 11.4 Å². The van der Waals surface area contributed by atoms with Gasteiger partial charge in [0.2, 0.25) is 0 Å². The van der Waals surface area contributed by atoms with Gasteiger partial charge in [0.1, 0.15) is 11.3 Å². The number of hydrogen-bond donors (Lipinski definition) is 1. The zero-order chi connectivity index (χ0) is 16.7. The molecule has 1 aliphatic rings. The van der Waals surface area contributed by atoms with Crippen molar-refractivity contribution in [1.29, 1.82) is 0 Å². The Bertz CT molecular complexity index is 970. The third-order valence-corrected chi connectivity index (χ3v) is 4.65. The van der Waals surface area contributed by atoms with Crippen molar-refractivity contribution >= 4 is 21.7 Å². The van der Waals surface area contributed by atoms with Crippen LogP contribution in [0.15, 0.2) is 39.5 Å². The molecule has 0 bridgehead atoms. The summed E-state index contributed by atoms with van der Waals surface area (Å²) in [6, 6.07) is 9.20. The second-order valence-electron chi connectivity index (χ2n) is 6.22. The molecule has 1 fully saturated rings. The summed E-state index contributed by atoms with van der Waals surface area (Å²) in [7, 11) is 0. The Morgan fingerprint density at radius 2 is 1.88 bits per heavy atom. The van der Waals surface area contributed by atoms with Gasteiger partial charge in [-0.15, -0.1) is 0 Å². The summed E-state index contributed by atoms with van der Waals surface area (Å²) in [4.78, 5) is 14.6. The average Bonchev–Trinajstić information content (AvgIpc) is 2.59. The number of phenols is 1. The van der Waals surface area contributed by atoms with E-state index in [0.29, 0.717) is 36.3 Å². The van der Waals surface area contributed by atoms with Gasteiger partial charge in [0, 0.05) is 30.4 Å². The van der Waals surface area contributed by atoms with Gasteiger partial charge in [-0.3, -0.25) is 4.90 Å². The van der Waals surface area contributed by atoms with Gasteiger partial charge in [-0.1, -0.05) is 18.2 Å². The lowest BCUT2D eigenvalue weighted by Crippen LogP contribution is -2.35. The van der Waals surface area contributed by atoms with Crippen LogP contribution in [0.2, 0.25) is 0 Å². The van der Waals surface area contributed by atoms with Crippen LogP contribution in [0.5, 0.6) is 5.75 Å². The van der Waals surface area contributed by atoms with Crippen molar-refractivity contribution in [3.8, 4) is 5.75 Å². The largest absolute Gasteiger partial charge is 0.507 e. The van der Waals surface area contributed by atoms with Gasteiger partial charge in [-0.25, -0.2) is 4.79 Å². The molecule has 1 saturated heterocycles. The summed E-state index contributed by atoms with van der Waals surface area (Å²) in [5.74, 6) is 0.171. The molecule has 0 unspecified atom stereocenters. The molecule has 4 rings (SSSR count). The van der Waals surface area contributed by atoms with Gasteiger partial charge in [0.15, 0.2) is 0 Å². The Morgan fingerprint density at radius 1 is 1.17 bits per heavy atom. The van der Waals surface area contributed by atoms with Crippen LogP contribution >= 0.6 is 0 Å². The molecule has 3 aromatic rings. The van der Waals surface area contributed by atoms with E-state index >= 15 is 0 Å². The zero-order valence-electron chi connectivity index (χ0n) is 13.5. The van der Waals surface area contributed by atoms with Crippen LogP contribution in [-0.2, 0) is 11.3 Å². The molecule has 0 radical (unpaired) electrons. The molecule has 5 heteroatoms.